The van der Waals surface area contributed by atoms with Crippen LogP contribution in [0.5, 0.6) is 0 Å². The number of rotatable bonds is 4. The minimum Gasteiger partial charge on any atom is -0.457 e. The summed E-state index contributed by atoms with van der Waals surface area (Å²) >= 11 is 3.12. The molecule has 4 heterocycles. The van der Waals surface area contributed by atoms with Crippen LogP contribution in [-0.2, 0) is 28.7 Å². The maximum absolute atomic E-state index is 13.3. The summed E-state index contributed by atoms with van der Waals surface area (Å²) in [5.41, 5.74) is 2.15. The molecule has 0 fully saturated rings. The molecule has 14 heteroatoms. The lowest BCUT2D eigenvalue weighted by molar-refractivity contribution is -0.163. The summed E-state index contributed by atoms with van der Waals surface area (Å²) in [5, 5.41) is 49.6. The number of ether oxygens (including phenoxy) is 2. The standard InChI is InChI=1S/C28H43NO5S.C27H41NO5S/c1-16-10-9-11-17(2)24(30)19(4)25(31)28(7,8)26(32)20(5)27(33)34-23(13-12-16)18(3)14-22-15-35-21(6)29-22;1-16-12-10-8-9-11-13-22(17(2)14-21-15-34-20(5)28-21)33-26(32)19(4)25(31)27(6,7)24(30)18(3)23(16)29/h12,14-15,17,19-20,23-24,26,30,32H,9-11,13H2,1-8H3;9,11,14-16,18-19,22-23,25,29,31H,8,10,12-13H2,1-7H3/b16-12-,18-14+;11-9-,17-14+/t17-,19+,20?,23-,24-,26-;16-,18+,19?,22-,23-,25-/m00/s1. The van der Waals surface area contributed by atoms with Crippen LogP contribution in [0.4, 0.5) is 0 Å². The van der Waals surface area contributed by atoms with Gasteiger partial charge in [-0.1, -0.05) is 79.2 Å². The number of aliphatic hydroxyl groups excluding tert-OH is 4. The number of carbonyl (C=O) groups is 4. The van der Waals surface area contributed by atoms with E-state index >= 15 is 0 Å². The molecule has 0 saturated carbocycles. The zero-order chi connectivity index (χ0) is 52.1. The topological polar surface area (TPSA) is 193 Å². The average molecular weight is 997 g/mol. The SMILES string of the molecule is C/C(=C\c1csc(C)n1)[C@@H]1C/C=C\CCC[C@H](C)[C@H](O)[C@@H](C)C(=O)C(C)(C)[C@@H](O)C(C)C(=O)O1.C/C1=C/C[C@@H](/C(C)=C/c2csc(C)n2)OC(=O)C(C)[C@H](O)C(C)(C)C(=O)[C@H](C)[C@@H](O)[C@@H](C)CCC1. The fraction of sp³-hybridized carbons (Fsp3) is 0.673. The van der Waals surface area contributed by atoms with Crippen molar-refractivity contribution in [3.8, 4) is 0 Å². The summed E-state index contributed by atoms with van der Waals surface area (Å²) in [5.74, 6) is -4.82. The van der Waals surface area contributed by atoms with Gasteiger partial charge in [-0.2, -0.15) is 0 Å². The number of carbonyl (C=O) groups excluding carboxylic acids is 4. The Morgan fingerprint density at radius 1 is 0.623 bits per heavy atom. The smallest absolute Gasteiger partial charge is 0.311 e. The third kappa shape index (κ3) is 16.7. The molecule has 0 aliphatic carbocycles. The van der Waals surface area contributed by atoms with Gasteiger partial charge in [0.25, 0.3) is 0 Å². The van der Waals surface area contributed by atoms with Crippen LogP contribution in [0.2, 0.25) is 0 Å². The predicted molar refractivity (Wildman–Crippen MR) is 277 cm³/mol. The van der Waals surface area contributed by atoms with Gasteiger partial charge in [-0.25, -0.2) is 9.97 Å². The Morgan fingerprint density at radius 2 is 1.03 bits per heavy atom. The van der Waals surface area contributed by atoms with Gasteiger partial charge < -0.3 is 29.9 Å². The number of cyclic esters (lactones) is 2. The number of aromatic nitrogens is 2. The second-order valence-electron chi connectivity index (χ2n) is 21.2. The number of allylic oxidation sites excluding steroid dienone is 2. The average Bonchev–Trinajstić information content (AvgIpc) is 3.92. The molecule has 2 unspecified atom stereocenters. The fourth-order valence-electron chi connectivity index (χ4n) is 9.31. The lowest BCUT2D eigenvalue weighted by Crippen LogP contribution is -2.49. The first-order chi connectivity index (χ1) is 32.1. The van der Waals surface area contributed by atoms with E-state index in [4.69, 9.17) is 9.47 Å². The van der Waals surface area contributed by atoms with Crippen LogP contribution >= 0.6 is 22.7 Å². The van der Waals surface area contributed by atoms with E-state index in [1.807, 2.05) is 70.5 Å². The highest BCUT2D eigenvalue weighted by Gasteiger charge is 2.47. The summed E-state index contributed by atoms with van der Waals surface area (Å²) in [6.07, 6.45) is 11.1. The molecular weight excluding hydrogens is 913 g/mol. The summed E-state index contributed by atoms with van der Waals surface area (Å²) < 4.78 is 11.8. The summed E-state index contributed by atoms with van der Waals surface area (Å²) in [6, 6.07) is 0. The van der Waals surface area contributed by atoms with Crippen molar-refractivity contribution < 1.29 is 49.1 Å². The van der Waals surface area contributed by atoms with Gasteiger partial charge in [0, 0.05) is 35.4 Å². The van der Waals surface area contributed by atoms with E-state index in [1.54, 1.807) is 78.1 Å². The van der Waals surface area contributed by atoms with Crippen molar-refractivity contribution in [3.63, 3.8) is 0 Å². The molecule has 2 aliphatic rings. The highest BCUT2D eigenvalue weighted by molar-refractivity contribution is 7.09. The normalized spacial score (nSPS) is 33.5. The van der Waals surface area contributed by atoms with Gasteiger partial charge in [-0.3, -0.25) is 19.2 Å². The molecule has 0 bridgehead atoms. The highest BCUT2D eigenvalue weighted by Crippen LogP contribution is 2.36. The van der Waals surface area contributed by atoms with Gasteiger partial charge in [-0.15, -0.1) is 22.7 Å². The van der Waals surface area contributed by atoms with Crippen molar-refractivity contribution in [3.05, 3.63) is 67.1 Å². The number of hydrogen-bond donors (Lipinski definition) is 4. The summed E-state index contributed by atoms with van der Waals surface area (Å²) in [7, 11) is 0. The maximum atomic E-state index is 13.3. The quantitative estimate of drug-likeness (QED) is 0.168. The second-order valence-corrected chi connectivity index (χ2v) is 23.3. The van der Waals surface area contributed by atoms with Crippen molar-refractivity contribution in [1.29, 1.82) is 0 Å². The van der Waals surface area contributed by atoms with Crippen LogP contribution in [0.1, 0.15) is 163 Å². The molecule has 0 saturated heterocycles. The van der Waals surface area contributed by atoms with E-state index in [0.29, 0.717) is 12.8 Å². The number of aliphatic hydroxyl groups is 4. The lowest BCUT2D eigenvalue weighted by atomic mass is 9.71. The van der Waals surface area contributed by atoms with Crippen LogP contribution < -0.4 is 0 Å². The van der Waals surface area contributed by atoms with E-state index in [1.165, 1.54) is 5.57 Å². The van der Waals surface area contributed by atoms with Gasteiger partial charge in [0.15, 0.2) is 0 Å². The third-order valence-electron chi connectivity index (χ3n) is 14.5. The minimum atomic E-state index is -1.25. The van der Waals surface area contributed by atoms with Crippen LogP contribution in [0.3, 0.4) is 0 Å². The zero-order valence-electron chi connectivity index (χ0n) is 44.1. The van der Waals surface area contributed by atoms with E-state index < -0.39 is 83.1 Å². The Morgan fingerprint density at radius 3 is 1.43 bits per heavy atom. The first-order valence-electron chi connectivity index (χ1n) is 24.8. The number of hydrogen-bond acceptors (Lipinski definition) is 14. The number of Topliss-reactive ketones (excluding diaryl/α,β-unsaturated/α-hetero) is 2. The fourth-order valence-corrected chi connectivity index (χ4v) is 10.5. The number of esters is 2. The van der Waals surface area contributed by atoms with Gasteiger partial charge in [0.1, 0.15) is 23.8 Å². The van der Waals surface area contributed by atoms with E-state index in [0.717, 1.165) is 71.1 Å². The molecular formula is C55H84N2O10S2. The minimum absolute atomic E-state index is 0.0462. The molecule has 2 aromatic rings. The Balaban J connectivity index is 0.000000365. The zero-order valence-corrected chi connectivity index (χ0v) is 45.7. The van der Waals surface area contributed by atoms with Crippen molar-refractivity contribution in [1.82, 2.24) is 9.97 Å². The van der Waals surface area contributed by atoms with Crippen LogP contribution in [0, 0.1) is 60.2 Å². The Kier molecular flexibility index (Phi) is 23.1. The molecule has 0 amide bonds. The van der Waals surface area contributed by atoms with Crippen molar-refractivity contribution in [2.24, 2.45) is 46.3 Å². The highest BCUT2D eigenvalue weighted by atomic mass is 32.1. The van der Waals surface area contributed by atoms with Crippen LogP contribution in [0.25, 0.3) is 12.2 Å². The second kappa shape index (κ2) is 26.7. The van der Waals surface area contributed by atoms with Crippen LogP contribution in [0.15, 0.2) is 45.7 Å². The first-order valence-corrected chi connectivity index (χ1v) is 26.6. The van der Waals surface area contributed by atoms with Gasteiger partial charge in [-0.05, 0) is 122 Å². The first kappa shape index (κ1) is 59.6. The number of thiazole rings is 2. The molecule has 0 radical (unpaired) electrons. The summed E-state index contributed by atoms with van der Waals surface area (Å²) in [4.78, 5) is 61.8. The van der Waals surface area contributed by atoms with Crippen molar-refractivity contribution >= 4 is 58.3 Å². The van der Waals surface area contributed by atoms with Crippen molar-refractivity contribution in [2.45, 2.75) is 192 Å². The molecule has 386 valence electrons. The maximum Gasteiger partial charge on any atom is 0.311 e. The molecule has 2 aliphatic heterocycles. The molecule has 4 N–H and O–H groups in total. The van der Waals surface area contributed by atoms with Gasteiger partial charge in [0.05, 0.1) is 68.5 Å². The Bertz CT molecular complexity index is 2150. The number of nitrogens with zero attached hydrogens (tertiary/aromatic N) is 2. The number of ketones is 2. The molecule has 2 aromatic heterocycles. The molecule has 12 atom stereocenters. The van der Waals surface area contributed by atoms with Crippen LogP contribution in [-0.4, -0.2) is 90.5 Å². The monoisotopic (exact) mass is 997 g/mol. The molecule has 4 rings (SSSR count). The Hall–Kier alpha value is -3.66. The Labute approximate surface area is 420 Å². The van der Waals surface area contributed by atoms with E-state index in [2.05, 4.69) is 29.0 Å². The summed E-state index contributed by atoms with van der Waals surface area (Å²) in [6.45, 7) is 26.8. The molecule has 12 nitrogen and oxygen atoms in total. The lowest BCUT2D eigenvalue weighted by Gasteiger charge is -2.36. The molecule has 0 spiro atoms. The van der Waals surface area contributed by atoms with Gasteiger partial charge in [0.2, 0.25) is 0 Å². The number of aryl methyl sites for hydroxylation is 2. The predicted octanol–water partition coefficient (Wildman–Crippen LogP) is 10.6. The molecule has 0 aromatic carbocycles. The van der Waals surface area contributed by atoms with E-state index in [-0.39, 0.29) is 23.4 Å². The third-order valence-corrected chi connectivity index (χ3v) is 16.1. The molecule has 69 heavy (non-hydrogen) atoms. The van der Waals surface area contributed by atoms with Crippen molar-refractivity contribution in [2.75, 3.05) is 0 Å². The largest absolute Gasteiger partial charge is 0.457 e. The van der Waals surface area contributed by atoms with E-state index in [9.17, 15) is 39.6 Å². The van der Waals surface area contributed by atoms with Gasteiger partial charge >= 0.3 is 11.9 Å².